The minimum absolute atomic E-state index is 0.179. The third-order valence-electron chi connectivity index (χ3n) is 3.86. The lowest BCUT2D eigenvalue weighted by Gasteiger charge is -2.08. The molecule has 144 valence electrons. The molecule has 0 atom stereocenters. The van der Waals surface area contributed by atoms with Crippen LogP contribution in [0.3, 0.4) is 0 Å². The van der Waals surface area contributed by atoms with Crippen LogP contribution in [0.5, 0.6) is 5.75 Å². The average molecular weight is 414 g/mol. The van der Waals surface area contributed by atoms with E-state index < -0.39 is 0 Å². The topological polar surface area (TPSA) is 83.5 Å². The summed E-state index contributed by atoms with van der Waals surface area (Å²) in [6, 6.07) is 16.8. The predicted octanol–water partition coefficient (Wildman–Crippen LogP) is 3.66. The zero-order valence-electron chi connectivity index (χ0n) is 14.9. The Morgan fingerprint density at radius 1 is 1.14 bits per heavy atom. The second kappa shape index (κ2) is 9.93. The van der Waals surface area contributed by atoms with Gasteiger partial charge in [0.2, 0.25) is 0 Å². The highest BCUT2D eigenvalue weighted by Gasteiger charge is 2.11. The molecule has 0 aliphatic heterocycles. The summed E-state index contributed by atoms with van der Waals surface area (Å²) in [5, 5.41) is 14.0. The molecule has 1 amide bonds. The SMILES string of the molecule is O=C(NCCCOc1ccc(C(=S)NO)cc1)c1nc(-c2ccccc2)cs1. The van der Waals surface area contributed by atoms with Crippen LogP contribution in [0.1, 0.15) is 21.8 Å². The van der Waals surface area contributed by atoms with Crippen molar-refractivity contribution in [3.63, 3.8) is 0 Å². The number of carbonyl (C=O) groups excluding carboxylic acids is 1. The fraction of sp³-hybridized carbons (Fsp3) is 0.150. The largest absolute Gasteiger partial charge is 0.494 e. The first kappa shape index (κ1) is 19.9. The standard InChI is InChI=1S/C20H19N3O3S2/c24-18(20-22-17(13-28-20)14-5-2-1-3-6-14)21-11-4-12-26-16-9-7-15(8-10-16)19(27)23-25/h1-3,5-10,13,25H,4,11-12H2,(H,21,24)(H,23,27). The predicted molar refractivity (Wildman–Crippen MR) is 113 cm³/mol. The van der Waals surface area contributed by atoms with Crippen molar-refractivity contribution in [2.45, 2.75) is 6.42 Å². The van der Waals surface area contributed by atoms with Gasteiger partial charge in [-0.25, -0.2) is 4.98 Å². The van der Waals surface area contributed by atoms with Crippen LogP contribution in [-0.2, 0) is 0 Å². The highest BCUT2D eigenvalue weighted by atomic mass is 32.1. The Labute approximate surface area is 172 Å². The molecule has 6 nitrogen and oxygen atoms in total. The van der Waals surface area contributed by atoms with Gasteiger partial charge in [0.15, 0.2) is 5.01 Å². The zero-order chi connectivity index (χ0) is 19.8. The molecule has 0 saturated carbocycles. The van der Waals surface area contributed by atoms with Crippen LogP contribution in [0.25, 0.3) is 11.3 Å². The summed E-state index contributed by atoms with van der Waals surface area (Å²) >= 11 is 6.27. The van der Waals surface area contributed by atoms with E-state index in [4.69, 9.17) is 22.2 Å². The summed E-state index contributed by atoms with van der Waals surface area (Å²) in [5.74, 6) is 0.518. The van der Waals surface area contributed by atoms with Crippen molar-refractivity contribution in [2.75, 3.05) is 13.2 Å². The molecule has 1 heterocycles. The molecule has 0 spiro atoms. The summed E-state index contributed by atoms with van der Waals surface area (Å²) in [6.45, 7) is 0.963. The minimum Gasteiger partial charge on any atom is -0.494 e. The molecule has 0 radical (unpaired) electrons. The second-order valence-electron chi connectivity index (χ2n) is 5.83. The molecule has 0 fully saturated rings. The first-order chi connectivity index (χ1) is 13.7. The smallest absolute Gasteiger partial charge is 0.280 e. The number of aromatic nitrogens is 1. The van der Waals surface area contributed by atoms with Gasteiger partial charge in [0.25, 0.3) is 5.91 Å². The summed E-state index contributed by atoms with van der Waals surface area (Å²) in [7, 11) is 0. The molecule has 1 aromatic heterocycles. The van der Waals surface area contributed by atoms with Gasteiger partial charge in [0.05, 0.1) is 12.3 Å². The molecule has 0 aliphatic rings. The third kappa shape index (κ3) is 5.35. The monoisotopic (exact) mass is 413 g/mol. The van der Waals surface area contributed by atoms with Gasteiger partial charge in [-0.15, -0.1) is 11.3 Å². The van der Waals surface area contributed by atoms with Gasteiger partial charge >= 0.3 is 0 Å². The van der Waals surface area contributed by atoms with Gasteiger partial charge in [0, 0.05) is 23.1 Å². The summed E-state index contributed by atoms with van der Waals surface area (Å²) in [5.41, 5.74) is 4.44. The van der Waals surface area contributed by atoms with E-state index in [1.54, 1.807) is 24.3 Å². The summed E-state index contributed by atoms with van der Waals surface area (Å²) < 4.78 is 5.63. The molecule has 0 unspecified atom stereocenters. The van der Waals surface area contributed by atoms with E-state index in [2.05, 4.69) is 10.3 Å². The van der Waals surface area contributed by atoms with Crippen molar-refractivity contribution in [1.82, 2.24) is 15.8 Å². The fourth-order valence-electron chi connectivity index (χ4n) is 2.43. The number of hydrogen-bond acceptors (Lipinski definition) is 6. The number of rotatable bonds is 8. The molecule has 0 aliphatic carbocycles. The maximum absolute atomic E-state index is 12.2. The Balaban J connectivity index is 1.40. The van der Waals surface area contributed by atoms with Crippen molar-refractivity contribution in [3.8, 4) is 17.0 Å². The van der Waals surface area contributed by atoms with Crippen LogP contribution in [0.2, 0.25) is 0 Å². The van der Waals surface area contributed by atoms with Crippen LogP contribution < -0.4 is 15.5 Å². The molecule has 3 rings (SSSR count). The van der Waals surface area contributed by atoms with Gasteiger partial charge in [-0.05, 0) is 30.7 Å². The number of ether oxygens (including phenoxy) is 1. The normalized spacial score (nSPS) is 10.3. The van der Waals surface area contributed by atoms with Crippen molar-refractivity contribution in [2.24, 2.45) is 0 Å². The van der Waals surface area contributed by atoms with Gasteiger partial charge < -0.3 is 10.1 Å². The van der Waals surface area contributed by atoms with Gasteiger partial charge in [-0.1, -0.05) is 42.5 Å². The van der Waals surface area contributed by atoms with E-state index in [1.807, 2.05) is 41.2 Å². The molecular formula is C20H19N3O3S2. The average Bonchev–Trinajstić information content (AvgIpc) is 3.24. The molecule has 0 saturated heterocycles. The van der Waals surface area contributed by atoms with Gasteiger partial charge in [0.1, 0.15) is 10.7 Å². The van der Waals surface area contributed by atoms with Gasteiger partial charge in [-0.3, -0.25) is 15.5 Å². The number of amides is 1. The minimum atomic E-state index is -0.179. The Morgan fingerprint density at radius 3 is 2.61 bits per heavy atom. The number of thiazole rings is 1. The lowest BCUT2D eigenvalue weighted by atomic mass is 10.2. The molecular weight excluding hydrogens is 394 g/mol. The van der Waals surface area contributed by atoms with E-state index in [-0.39, 0.29) is 10.9 Å². The fourth-order valence-corrected chi connectivity index (χ4v) is 3.30. The zero-order valence-corrected chi connectivity index (χ0v) is 16.6. The van der Waals surface area contributed by atoms with Crippen LogP contribution in [0.4, 0.5) is 0 Å². The van der Waals surface area contributed by atoms with Crippen molar-refractivity contribution in [1.29, 1.82) is 0 Å². The van der Waals surface area contributed by atoms with E-state index in [9.17, 15) is 4.79 Å². The Kier molecular flexibility index (Phi) is 7.07. The number of carbonyl (C=O) groups is 1. The summed E-state index contributed by atoms with van der Waals surface area (Å²) in [4.78, 5) is 16.9. The highest BCUT2D eigenvalue weighted by Crippen LogP contribution is 2.21. The molecule has 0 bridgehead atoms. The van der Waals surface area contributed by atoms with Crippen LogP contribution in [0.15, 0.2) is 60.0 Å². The van der Waals surface area contributed by atoms with Crippen molar-refractivity contribution in [3.05, 3.63) is 70.5 Å². The summed E-state index contributed by atoms with van der Waals surface area (Å²) in [6.07, 6.45) is 0.668. The van der Waals surface area contributed by atoms with Crippen LogP contribution >= 0.6 is 23.6 Å². The number of hydrogen-bond donors (Lipinski definition) is 3. The lowest BCUT2D eigenvalue weighted by molar-refractivity contribution is 0.0951. The molecule has 28 heavy (non-hydrogen) atoms. The first-order valence-corrected chi connectivity index (χ1v) is 9.92. The highest BCUT2D eigenvalue weighted by molar-refractivity contribution is 7.80. The quantitative estimate of drug-likeness (QED) is 0.297. The number of nitrogens with one attached hydrogen (secondary N) is 2. The number of hydroxylamine groups is 1. The molecule has 3 N–H and O–H groups in total. The van der Waals surface area contributed by atoms with E-state index in [1.165, 1.54) is 11.3 Å². The van der Waals surface area contributed by atoms with Crippen molar-refractivity contribution < 1.29 is 14.7 Å². The van der Waals surface area contributed by atoms with Crippen LogP contribution in [0, 0.1) is 0 Å². The van der Waals surface area contributed by atoms with Crippen molar-refractivity contribution >= 4 is 34.5 Å². The Morgan fingerprint density at radius 2 is 1.89 bits per heavy atom. The second-order valence-corrected chi connectivity index (χ2v) is 7.09. The maximum atomic E-state index is 12.2. The van der Waals surface area contributed by atoms with E-state index in [0.29, 0.717) is 35.9 Å². The maximum Gasteiger partial charge on any atom is 0.280 e. The first-order valence-electron chi connectivity index (χ1n) is 8.64. The molecule has 2 aromatic carbocycles. The Hall–Kier alpha value is -2.81. The number of nitrogens with zero attached hydrogens (tertiary/aromatic N) is 1. The molecule has 8 heteroatoms. The third-order valence-corrected chi connectivity index (χ3v) is 5.03. The number of thiocarbonyl (C=S) groups is 1. The van der Waals surface area contributed by atoms with E-state index in [0.717, 1.165) is 11.3 Å². The lowest BCUT2D eigenvalue weighted by Crippen LogP contribution is -2.25. The molecule has 3 aromatic rings. The van der Waals surface area contributed by atoms with E-state index >= 15 is 0 Å². The van der Waals surface area contributed by atoms with Gasteiger partial charge in [-0.2, -0.15) is 0 Å². The number of benzene rings is 2. The van der Waals surface area contributed by atoms with Crippen LogP contribution in [-0.4, -0.2) is 34.2 Å². The Bertz CT molecular complexity index is 927.